The summed E-state index contributed by atoms with van der Waals surface area (Å²) in [5.74, 6) is -1.04. The Morgan fingerprint density at radius 2 is 1.89 bits per heavy atom. The highest BCUT2D eigenvalue weighted by Crippen LogP contribution is 2.49. The van der Waals surface area contributed by atoms with Gasteiger partial charge in [-0.05, 0) is 70.5 Å². The summed E-state index contributed by atoms with van der Waals surface area (Å²) < 4.78 is 50.9. The number of hydrogen-bond donors (Lipinski definition) is 2. The molecule has 9 rings (SSSR count). The third kappa shape index (κ3) is 5.48. The molecule has 0 aliphatic carbocycles. The van der Waals surface area contributed by atoms with Crippen LogP contribution in [0.15, 0.2) is 6.20 Å². The fourth-order valence-electron chi connectivity index (χ4n) is 9.00. The van der Waals surface area contributed by atoms with Gasteiger partial charge in [-0.15, -0.1) is 11.3 Å². The predicted octanol–water partition coefficient (Wildman–Crippen LogP) is 6.38. The van der Waals surface area contributed by atoms with Crippen molar-refractivity contribution in [2.75, 3.05) is 43.0 Å². The van der Waals surface area contributed by atoms with E-state index in [1.54, 1.807) is 20.8 Å². The molecule has 2 N–H and O–H groups in total. The number of nitrogens with one attached hydrogen (secondary N) is 1. The van der Waals surface area contributed by atoms with Crippen LogP contribution >= 0.6 is 11.3 Å². The van der Waals surface area contributed by atoms with Crippen LogP contribution in [0.5, 0.6) is 6.01 Å². The molecule has 3 unspecified atom stereocenters. The molecule has 5 aliphatic rings. The first-order valence-corrected chi connectivity index (χ1v) is 19.0. The van der Waals surface area contributed by atoms with Crippen molar-refractivity contribution in [1.29, 1.82) is 5.26 Å². The summed E-state index contributed by atoms with van der Waals surface area (Å²) >= 11 is 0.833. The number of aromatic nitrogens is 3. The van der Waals surface area contributed by atoms with Gasteiger partial charge in [0.2, 0.25) is 0 Å². The van der Waals surface area contributed by atoms with Crippen LogP contribution in [-0.2, 0) is 22.7 Å². The topological polar surface area (TPSA) is 166 Å². The number of thiophene rings is 1. The number of benzene rings is 1. The number of carbonyl (C=O) groups is 2. The third-order valence-corrected chi connectivity index (χ3v) is 12.6. The fourth-order valence-corrected chi connectivity index (χ4v) is 10.0. The van der Waals surface area contributed by atoms with Crippen LogP contribution in [0.25, 0.3) is 32.2 Å². The lowest BCUT2D eigenvalue weighted by atomic mass is 9.86. The fraction of sp³-hybridized carbons (Fsp3) is 0.514. The quantitative estimate of drug-likeness (QED) is 0.223. The number of rotatable bonds is 6. The van der Waals surface area contributed by atoms with Gasteiger partial charge in [0.15, 0.2) is 11.6 Å². The minimum atomic E-state index is -0.985. The molecular formula is C37H38F2N8O6S. The number of nitrogens with zero attached hydrogens (tertiary/aromatic N) is 7. The molecule has 4 aromatic rings. The molecule has 54 heavy (non-hydrogen) atoms. The van der Waals surface area contributed by atoms with Crippen molar-refractivity contribution >= 4 is 55.3 Å². The lowest BCUT2D eigenvalue weighted by Crippen LogP contribution is -2.59. The molecule has 2 bridgehead atoms. The maximum Gasteiger partial charge on any atom is 0.412 e. The Kier molecular flexibility index (Phi) is 8.11. The second kappa shape index (κ2) is 12.6. The van der Waals surface area contributed by atoms with Gasteiger partial charge < -0.3 is 29.1 Å². The van der Waals surface area contributed by atoms with Crippen molar-refractivity contribution in [1.82, 2.24) is 24.8 Å². The highest BCUT2D eigenvalue weighted by atomic mass is 32.1. The minimum absolute atomic E-state index is 0.00279. The van der Waals surface area contributed by atoms with Gasteiger partial charge in [-0.2, -0.15) is 15.2 Å². The first-order valence-electron chi connectivity index (χ1n) is 18.1. The van der Waals surface area contributed by atoms with E-state index >= 15 is 8.78 Å². The SMILES string of the molecule is CC(C)(C)OC(=O)Nc1sc2c(F)cnc(-c3c4c(c5c(N6C7CCC6CN(C(=O)O)C7)nc(OCC67CCCN6CC7)nc5c3F)COC4)c2c1C#N. The van der Waals surface area contributed by atoms with Crippen LogP contribution in [0.3, 0.4) is 0 Å². The van der Waals surface area contributed by atoms with Crippen LogP contribution < -0.4 is 15.0 Å². The molecule has 0 spiro atoms. The predicted molar refractivity (Wildman–Crippen MR) is 194 cm³/mol. The summed E-state index contributed by atoms with van der Waals surface area (Å²) in [6.07, 6.45) is 3.66. The van der Waals surface area contributed by atoms with Crippen LogP contribution in [0.4, 0.5) is 29.2 Å². The number of fused-ring (bicyclic) bond motifs is 7. The van der Waals surface area contributed by atoms with Gasteiger partial charge in [-0.1, -0.05) is 0 Å². The van der Waals surface area contributed by atoms with Crippen molar-refractivity contribution in [2.24, 2.45) is 0 Å². The molecule has 1 aromatic carbocycles. The maximum absolute atomic E-state index is 17.7. The van der Waals surface area contributed by atoms with E-state index in [0.717, 1.165) is 62.7 Å². The van der Waals surface area contributed by atoms with E-state index in [4.69, 9.17) is 24.2 Å². The van der Waals surface area contributed by atoms with Crippen LogP contribution in [0, 0.1) is 23.0 Å². The number of pyridine rings is 1. The number of amides is 2. The standard InChI is InChI=1S/C37H38F2N8O6S/c1-36(2,3)53-34(48)44-32-20(11-40)25-28(41-12-23(38)30(25)54-32)24-21-15-51-16-22(21)26-29(27(24)39)42-33(52-17-37-7-4-9-46(37)10-8-37)43-31(26)47-18-5-6-19(47)14-45(13-18)35(49)50/h12,18-19H,4-10,13-17H2,1-3H3,(H,44,48)(H,49,50). The number of carbonyl (C=O) groups excluding carboxylic acids is 1. The summed E-state index contributed by atoms with van der Waals surface area (Å²) in [6, 6.07) is 1.69. The van der Waals surface area contributed by atoms with E-state index in [2.05, 4.69) is 26.2 Å². The Bertz CT molecular complexity index is 2290. The molecule has 5 aliphatic heterocycles. The number of halogens is 2. The van der Waals surface area contributed by atoms with Crippen molar-refractivity contribution in [3.63, 3.8) is 0 Å². The Hall–Kier alpha value is -4.92. The Morgan fingerprint density at radius 1 is 1.13 bits per heavy atom. The molecule has 282 valence electrons. The van der Waals surface area contributed by atoms with Gasteiger partial charge >= 0.3 is 18.2 Å². The monoisotopic (exact) mass is 760 g/mol. The number of nitriles is 1. The van der Waals surface area contributed by atoms with E-state index in [9.17, 15) is 20.0 Å². The number of anilines is 2. The molecule has 4 fully saturated rings. The molecular weight excluding hydrogens is 723 g/mol. The third-order valence-electron chi connectivity index (χ3n) is 11.4. The lowest BCUT2D eigenvalue weighted by Gasteiger charge is -2.47. The molecule has 3 atom stereocenters. The zero-order valence-electron chi connectivity index (χ0n) is 30.0. The van der Waals surface area contributed by atoms with E-state index in [1.165, 1.54) is 4.90 Å². The largest absolute Gasteiger partial charge is 0.465 e. The molecule has 2 amide bonds. The first-order chi connectivity index (χ1) is 25.9. The smallest absolute Gasteiger partial charge is 0.412 e. The summed E-state index contributed by atoms with van der Waals surface area (Å²) in [5, 5.41) is 23.3. The van der Waals surface area contributed by atoms with Gasteiger partial charge in [-0.25, -0.2) is 18.4 Å². The van der Waals surface area contributed by atoms with Crippen molar-refractivity contribution in [2.45, 2.75) is 89.3 Å². The van der Waals surface area contributed by atoms with E-state index in [1.807, 2.05) is 0 Å². The van der Waals surface area contributed by atoms with Gasteiger partial charge in [0.25, 0.3) is 0 Å². The highest BCUT2D eigenvalue weighted by Gasteiger charge is 2.49. The zero-order valence-corrected chi connectivity index (χ0v) is 30.8. The second-order valence-corrected chi connectivity index (χ2v) is 16.8. The molecule has 14 nitrogen and oxygen atoms in total. The average molecular weight is 761 g/mol. The van der Waals surface area contributed by atoms with Crippen LogP contribution in [0.1, 0.15) is 69.6 Å². The molecule has 0 radical (unpaired) electrons. The maximum atomic E-state index is 17.7. The van der Waals surface area contributed by atoms with E-state index in [0.29, 0.717) is 28.9 Å². The summed E-state index contributed by atoms with van der Waals surface area (Å²) in [4.78, 5) is 44.8. The van der Waals surface area contributed by atoms with Gasteiger partial charge in [0.1, 0.15) is 34.6 Å². The van der Waals surface area contributed by atoms with Gasteiger partial charge in [0, 0.05) is 42.7 Å². The second-order valence-electron chi connectivity index (χ2n) is 15.7. The van der Waals surface area contributed by atoms with Crippen LogP contribution in [0.2, 0.25) is 0 Å². The van der Waals surface area contributed by atoms with Crippen molar-refractivity contribution < 1.29 is 37.7 Å². The number of carboxylic acid groups (broad SMARTS) is 1. The molecule has 8 heterocycles. The number of ether oxygens (including phenoxy) is 3. The Labute approximate surface area is 312 Å². The van der Waals surface area contributed by atoms with E-state index < -0.39 is 29.4 Å². The molecule has 4 saturated heterocycles. The average Bonchev–Trinajstić information content (AvgIpc) is 3.86. The minimum Gasteiger partial charge on any atom is -0.465 e. The Balaban J connectivity index is 1.23. The summed E-state index contributed by atoms with van der Waals surface area (Å²) in [5.41, 5.74) is 0.0321. The normalized spacial score (nSPS) is 23.3. The molecule has 0 saturated carbocycles. The van der Waals surface area contributed by atoms with Gasteiger partial charge in [0.05, 0.1) is 46.3 Å². The number of hydrogen-bond acceptors (Lipinski definition) is 12. The molecule has 17 heteroatoms. The van der Waals surface area contributed by atoms with Crippen molar-refractivity contribution in [3.05, 3.63) is 34.5 Å². The number of piperazine rings is 1. The summed E-state index contributed by atoms with van der Waals surface area (Å²) in [7, 11) is 0. The number of likely N-dealkylation sites (tertiary alicyclic amines) is 1. The van der Waals surface area contributed by atoms with Gasteiger partial charge in [-0.3, -0.25) is 15.2 Å². The first kappa shape index (κ1) is 34.8. The summed E-state index contributed by atoms with van der Waals surface area (Å²) in [6.45, 7) is 8.06. The lowest BCUT2D eigenvalue weighted by molar-refractivity contribution is -0.0132. The Morgan fingerprint density at radius 3 is 2.56 bits per heavy atom. The molecule has 3 aromatic heterocycles. The zero-order chi connectivity index (χ0) is 37.7. The van der Waals surface area contributed by atoms with E-state index in [-0.39, 0.29) is 87.4 Å². The highest BCUT2D eigenvalue weighted by molar-refractivity contribution is 7.23. The van der Waals surface area contributed by atoms with Crippen molar-refractivity contribution in [3.8, 4) is 23.3 Å². The van der Waals surface area contributed by atoms with Crippen LogP contribution in [-0.4, -0.2) is 98.1 Å².